The van der Waals surface area contributed by atoms with Gasteiger partial charge < -0.3 is 5.32 Å². The average molecular weight is 241 g/mol. The van der Waals surface area contributed by atoms with E-state index in [1.165, 1.54) is 0 Å². The van der Waals surface area contributed by atoms with Gasteiger partial charge in [0, 0.05) is 25.5 Å². The van der Waals surface area contributed by atoms with E-state index < -0.39 is 0 Å². The van der Waals surface area contributed by atoms with Crippen molar-refractivity contribution in [3.8, 4) is 0 Å². The Labute approximate surface area is 103 Å². The molecule has 0 aliphatic rings. The smallest absolute Gasteiger partial charge is 0.0634 e. The van der Waals surface area contributed by atoms with Gasteiger partial charge in [0.25, 0.3) is 0 Å². The van der Waals surface area contributed by atoms with E-state index >= 15 is 0 Å². The van der Waals surface area contributed by atoms with Gasteiger partial charge in [0.15, 0.2) is 0 Å². The third kappa shape index (κ3) is 3.76. The molecule has 90 valence electrons. The SMILES string of the molecule is CC(C)C(C)(C)CNCc1ccncc1Cl. The summed E-state index contributed by atoms with van der Waals surface area (Å²) in [6, 6.07) is 1.96. The zero-order chi connectivity index (χ0) is 12.2. The maximum atomic E-state index is 6.03. The first-order valence-electron chi connectivity index (χ1n) is 5.72. The molecule has 0 saturated carbocycles. The Morgan fingerprint density at radius 2 is 2.12 bits per heavy atom. The molecule has 2 nitrogen and oxygen atoms in total. The highest BCUT2D eigenvalue weighted by molar-refractivity contribution is 6.31. The molecule has 0 bridgehead atoms. The molecule has 0 radical (unpaired) electrons. The van der Waals surface area contributed by atoms with Crippen molar-refractivity contribution in [2.75, 3.05) is 6.54 Å². The van der Waals surface area contributed by atoms with Gasteiger partial charge in [0.2, 0.25) is 0 Å². The van der Waals surface area contributed by atoms with E-state index in [-0.39, 0.29) is 0 Å². The fraction of sp³-hybridized carbons (Fsp3) is 0.615. The quantitative estimate of drug-likeness (QED) is 0.852. The van der Waals surface area contributed by atoms with Gasteiger partial charge in [0.05, 0.1) is 5.02 Å². The van der Waals surface area contributed by atoms with Gasteiger partial charge in [-0.15, -0.1) is 0 Å². The molecule has 1 rings (SSSR count). The summed E-state index contributed by atoms with van der Waals surface area (Å²) in [5.74, 6) is 0.660. The van der Waals surface area contributed by atoms with E-state index in [1.807, 2.05) is 6.07 Å². The predicted molar refractivity (Wildman–Crippen MR) is 69.6 cm³/mol. The molecule has 0 atom stereocenters. The monoisotopic (exact) mass is 240 g/mol. The first kappa shape index (κ1) is 13.5. The van der Waals surface area contributed by atoms with Crippen molar-refractivity contribution in [3.63, 3.8) is 0 Å². The van der Waals surface area contributed by atoms with Crippen molar-refractivity contribution < 1.29 is 0 Å². The maximum absolute atomic E-state index is 6.03. The molecule has 1 N–H and O–H groups in total. The number of pyridine rings is 1. The second kappa shape index (κ2) is 5.65. The molecule has 0 aliphatic heterocycles. The summed E-state index contributed by atoms with van der Waals surface area (Å²) in [6.45, 7) is 10.8. The number of aromatic nitrogens is 1. The molecule has 0 fully saturated rings. The Balaban J connectivity index is 2.45. The molecule has 0 amide bonds. The number of hydrogen-bond donors (Lipinski definition) is 1. The summed E-state index contributed by atoms with van der Waals surface area (Å²) in [6.07, 6.45) is 3.46. The number of hydrogen-bond acceptors (Lipinski definition) is 2. The van der Waals surface area contributed by atoms with Crippen LogP contribution < -0.4 is 5.32 Å². The van der Waals surface area contributed by atoms with Crippen LogP contribution >= 0.6 is 11.6 Å². The Morgan fingerprint density at radius 1 is 1.44 bits per heavy atom. The number of nitrogens with zero attached hydrogens (tertiary/aromatic N) is 1. The average Bonchev–Trinajstić information content (AvgIpc) is 2.20. The van der Waals surface area contributed by atoms with Crippen molar-refractivity contribution >= 4 is 11.6 Å². The minimum Gasteiger partial charge on any atom is -0.312 e. The highest BCUT2D eigenvalue weighted by atomic mass is 35.5. The van der Waals surface area contributed by atoms with Crippen LogP contribution in [0.5, 0.6) is 0 Å². The molecule has 1 aromatic heterocycles. The molecule has 3 heteroatoms. The van der Waals surface area contributed by atoms with Crippen molar-refractivity contribution in [1.29, 1.82) is 0 Å². The Morgan fingerprint density at radius 3 is 2.69 bits per heavy atom. The second-order valence-electron chi connectivity index (χ2n) is 5.21. The molecular formula is C13H21ClN2. The molecule has 0 spiro atoms. The van der Waals surface area contributed by atoms with Crippen LogP contribution in [0.3, 0.4) is 0 Å². The lowest BCUT2D eigenvalue weighted by molar-refractivity contribution is 0.238. The summed E-state index contributed by atoms with van der Waals surface area (Å²) >= 11 is 6.03. The third-order valence-electron chi connectivity index (χ3n) is 3.32. The summed E-state index contributed by atoms with van der Waals surface area (Å²) in [5.41, 5.74) is 1.41. The van der Waals surface area contributed by atoms with Crippen molar-refractivity contribution in [1.82, 2.24) is 10.3 Å². The van der Waals surface area contributed by atoms with Gasteiger partial charge in [0.1, 0.15) is 0 Å². The predicted octanol–water partition coefficient (Wildman–Crippen LogP) is 3.51. The topological polar surface area (TPSA) is 24.9 Å². The summed E-state index contributed by atoms with van der Waals surface area (Å²) in [7, 11) is 0. The Kier molecular flexibility index (Phi) is 4.75. The van der Waals surface area contributed by atoms with E-state index in [9.17, 15) is 0 Å². The normalized spacial score (nSPS) is 12.1. The van der Waals surface area contributed by atoms with Crippen molar-refractivity contribution in [3.05, 3.63) is 29.0 Å². The van der Waals surface area contributed by atoms with Gasteiger partial charge in [-0.3, -0.25) is 4.98 Å². The molecule has 0 saturated heterocycles. The zero-order valence-electron chi connectivity index (χ0n) is 10.5. The van der Waals surface area contributed by atoms with Crippen LogP contribution in [0.2, 0.25) is 5.02 Å². The Bertz CT molecular complexity index is 334. The van der Waals surface area contributed by atoms with E-state index in [1.54, 1.807) is 12.4 Å². The minimum atomic E-state index is 0.305. The van der Waals surface area contributed by atoms with Crippen LogP contribution in [0.4, 0.5) is 0 Å². The minimum absolute atomic E-state index is 0.305. The standard InChI is InChI=1S/C13H21ClN2/c1-10(2)13(3,4)9-16-7-11-5-6-15-8-12(11)14/h5-6,8,10,16H,7,9H2,1-4H3. The van der Waals surface area contributed by atoms with Crippen molar-refractivity contribution in [2.45, 2.75) is 34.2 Å². The molecule has 1 heterocycles. The molecule has 1 aromatic rings. The van der Waals surface area contributed by atoms with Crippen LogP contribution in [-0.4, -0.2) is 11.5 Å². The molecule has 0 unspecified atom stereocenters. The molecule has 0 aromatic carbocycles. The van der Waals surface area contributed by atoms with Gasteiger partial charge in [-0.05, 0) is 23.0 Å². The molecular weight excluding hydrogens is 220 g/mol. The highest BCUT2D eigenvalue weighted by Crippen LogP contribution is 2.25. The van der Waals surface area contributed by atoms with Gasteiger partial charge >= 0.3 is 0 Å². The second-order valence-corrected chi connectivity index (χ2v) is 5.62. The Hall–Kier alpha value is -0.600. The van der Waals surface area contributed by atoms with E-state index in [0.29, 0.717) is 11.3 Å². The summed E-state index contributed by atoms with van der Waals surface area (Å²) in [4.78, 5) is 3.97. The number of rotatable bonds is 5. The zero-order valence-corrected chi connectivity index (χ0v) is 11.3. The van der Waals surface area contributed by atoms with Crippen LogP contribution in [0.1, 0.15) is 33.3 Å². The molecule has 0 aliphatic carbocycles. The van der Waals surface area contributed by atoms with Crippen LogP contribution in [-0.2, 0) is 6.54 Å². The van der Waals surface area contributed by atoms with Crippen molar-refractivity contribution in [2.24, 2.45) is 11.3 Å². The van der Waals surface area contributed by atoms with E-state index in [2.05, 4.69) is 38.0 Å². The lowest BCUT2D eigenvalue weighted by Crippen LogP contribution is -2.33. The van der Waals surface area contributed by atoms with Crippen LogP contribution in [0.25, 0.3) is 0 Å². The van der Waals surface area contributed by atoms with Gasteiger partial charge in [-0.2, -0.15) is 0 Å². The van der Waals surface area contributed by atoms with Crippen LogP contribution in [0, 0.1) is 11.3 Å². The number of nitrogens with one attached hydrogen (secondary N) is 1. The van der Waals surface area contributed by atoms with Gasteiger partial charge in [-0.25, -0.2) is 0 Å². The number of halogens is 1. The largest absolute Gasteiger partial charge is 0.312 e. The fourth-order valence-electron chi connectivity index (χ4n) is 1.27. The first-order valence-corrected chi connectivity index (χ1v) is 6.10. The summed E-state index contributed by atoms with van der Waals surface area (Å²) in [5, 5.41) is 4.19. The van der Waals surface area contributed by atoms with Crippen LogP contribution in [0.15, 0.2) is 18.5 Å². The van der Waals surface area contributed by atoms with Gasteiger partial charge in [-0.1, -0.05) is 39.3 Å². The maximum Gasteiger partial charge on any atom is 0.0634 e. The first-order chi connectivity index (χ1) is 7.43. The van der Waals surface area contributed by atoms with E-state index in [0.717, 1.165) is 23.7 Å². The van der Waals surface area contributed by atoms with E-state index in [4.69, 9.17) is 11.6 Å². The fourth-order valence-corrected chi connectivity index (χ4v) is 1.46. The highest BCUT2D eigenvalue weighted by Gasteiger charge is 2.21. The third-order valence-corrected chi connectivity index (χ3v) is 3.66. The summed E-state index contributed by atoms with van der Waals surface area (Å²) < 4.78 is 0. The molecule has 16 heavy (non-hydrogen) atoms. The lowest BCUT2D eigenvalue weighted by Gasteiger charge is -2.29. The lowest BCUT2D eigenvalue weighted by atomic mass is 9.81.